The highest BCUT2D eigenvalue weighted by molar-refractivity contribution is 6.42. The molecule has 5 nitrogen and oxygen atoms in total. The van der Waals surface area contributed by atoms with Crippen molar-refractivity contribution in [3.05, 3.63) is 28.2 Å². The third-order valence-electron chi connectivity index (χ3n) is 2.61. The number of carbonyl (C=O) groups is 2. The summed E-state index contributed by atoms with van der Waals surface area (Å²) in [7, 11) is 1.27. The molecule has 0 saturated heterocycles. The highest BCUT2D eigenvalue weighted by Crippen LogP contribution is 2.25. The van der Waals surface area contributed by atoms with Gasteiger partial charge in [0.15, 0.2) is 0 Å². The fourth-order valence-electron chi connectivity index (χ4n) is 1.48. The van der Waals surface area contributed by atoms with E-state index < -0.39 is 18.1 Å². The molecule has 20 heavy (non-hydrogen) atoms. The highest BCUT2D eigenvalue weighted by atomic mass is 35.5. The quantitative estimate of drug-likeness (QED) is 0.818. The maximum atomic E-state index is 11.9. The van der Waals surface area contributed by atoms with Crippen molar-refractivity contribution < 1.29 is 14.3 Å². The molecule has 2 unspecified atom stereocenters. The van der Waals surface area contributed by atoms with Gasteiger partial charge >= 0.3 is 5.97 Å². The lowest BCUT2D eigenvalue weighted by Gasteiger charge is -2.18. The topological polar surface area (TPSA) is 67.4 Å². The second-order valence-electron chi connectivity index (χ2n) is 4.25. The molecule has 0 aliphatic heterocycles. The van der Waals surface area contributed by atoms with Gasteiger partial charge in [-0.15, -0.1) is 0 Å². The van der Waals surface area contributed by atoms with Gasteiger partial charge in [0, 0.05) is 5.69 Å². The number of hydrogen-bond donors (Lipinski definition) is 2. The van der Waals surface area contributed by atoms with Crippen LogP contribution in [0.5, 0.6) is 0 Å². The van der Waals surface area contributed by atoms with Crippen molar-refractivity contribution in [3.63, 3.8) is 0 Å². The molecular weight excluding hydrogens is 303 g/mol. The first-order chi connectivity index (χ1) is 9.35. The number of hydrogen-bond acceptors (Lipinski definition) is 4. The first-order valence-corrected chi connectivity index (χ1v) is 6.70. The Labute approximate surface area is 127 Å². The Morgan fingerprint density at radius 3 is 2.35 bits per heavy atom. The molecule has 0 aromatic heterocycles. The Balaban J connectivity index is 2.61. The smallest absolute Gasteiger partial charge is 0.328 e. The summed E-state index contributed by atoms with van der Waals surface area (Å²) in [5, 5.41) is 6.34. The first-order valence-electron chi connectivity index (χ1n) is 5.95. The zero-order valence-corrected chi connectivity index (χ0v) is 12.9. The zero-order chi connectivity index (χ0) is 15.3. The largest absolute Gasteiger partial charge is 0.467 e. The number of esters is 1. The number of anilines is 1. The van der Waals surface area contributed by atoms with E-state index in [2.05, 4.69) is 15.4 Å². The number of benzene rings is 1. The number of nitrogens with one attached hydrogen (secondary N) is 2. The monoisotopic (exact) mass is 318 g/mol. The average Bonchev–Trinajstić information content (AvgIpc) is 2.41. The van der Waals surface area contributed by atoms with Gasteiger partial charge in [-0.1, -0.05) is 23.2 Å². The minimum absolute atomic E-state index is 0.325. The normalized spacial score (nSPS) is 13.2. The highest BCUT2D eigenvalue weighted by Gasteiger charge is 2.20. The Bertz CT molecular complexity index is 508. The molecule has 0 saturated carbocycles. The predicted molar refractivity (Wildman–Crippen MR) is 79.2 cm³/mol. The van der Waals surface area contributed by atoms with Crippen LogP contribution in [0, 0.1) is 0 Å². The summed E-state index contributed by atoms with van der Waals surface area (Å²) in [6.45, 7) is 3.22. The van der Waals surface area contributed by atoms with Crippen LogP contribution in [0.4, 0.5) is 5.69 Å². The van der Waals surface area contributed by atoms with Crippen LogP contribution in [0.1, 0.15) is 13.8 Å². The Hall–Kier alpha value is -1.46. The van der Waals surface area contributed by atoms with Crippen LogP contribution in [0.2, 0.25) is 10.0 Å². The maximum absolute atomic E-state index is 11.9. The van der Waals surface area contributed by atoms with Crippen molar-refractivity contribution in [3.8, 4) is 0 Å². The second-order valence-corrected chi connectivity index (χ2v) is 5.06. The van der Waals surface area contributed by atoms with Crippen LogP contribution >= 0.6 is 23.2 Å². The van der Waals surface area contributed by atoms with Crippen molar-refractivity contribution in [2.45, 2.75) is 25.9 Å². The Morgan fingerprint density at radius 1 is 1.15 bits per heavy atom. The van der Waals surface area contributed by atoms with E-state index in [0.29, 0.717) is 15.7 Å². The van der Waals surface area contributed by atoms with Crippen LogP contribution in [0.15, 0.2) is 18.2 Å². The van der Waals surface area contributed by atoms with Crippen molar-refractivity contribution in [2.75, 3.05) is 12.4 Å². The number of amides is 1. The van der Waals surface area contributed by atoms with E-state index in [1.165, 1.54) is 7.11 Å². The van der Waals surface area contributed by atoms with E-state index in [-0.39, 0.29) is 5.91 Å². The van der Waals surface area contributed by atoms with Crippen molar-refractivity contribution in [2.24, 2.45) is 0 Å². The van der Waals surface area contributed by atoms with E-state index in [1.54, 1.807) is 32.0 Å². The molecule has 1 rings (SSSR count). The van der Waals surface area contributed by atoms with Gasteiger partial charge in [-0.3, -0.25) is 4.79 Å². The summed E-state index contributed by atoms with van der Waals surface area (Å²) in [6, 6.07) is 3.72. The third kappa shape index (κ3) is 4.58. The van der Waals surface area contributed by atoms with E-state index in [1.807, 2.05) is 0 Å². The lowest BCUT2D eigenvalue weighted by Crippen LogP contribution is -2.45. The number of rotatable bonds is 5. The molecular formula is C13H16Cl2N2O3. The molecule has 2 N–H and O–H groups in total. The molecule has 0 radical (unpaired) electrons. The zero-order valence-electron chi connectivity index (χ0n) is 11.4. The fourth-order valence-corrected chi connectivity index (χ4v) is 1.77. The summed E-state index contributed by atoms with van der Waals surface area (Å²) in [6.07, 6.45) is 0. The van der Waals surface area contributed by atoms with E-state index in [0.717, 1.165) is 0 Å². The molecule has 110 valence electrons. The lowest BCUT2D eigenvalue weighted by molar-refractivity contribution is -0.144. The summed E-state index contributed by atoms with van der Waals surface area (Å²) < 4.78 is 4.53. The first kappa shape index (κ1) is 16.6. The van der Waals surface area contributed by atoms with Gasteiger partial charge in [-0.05, 0) is 32.0 Å². The molecule has 0 aliphatic carbocycles. The van der Waals surface area contributed by atoms with E-state index in [9.17, 15) is 9.59 Å². The van der Waals surface area contributed by atoms with Crippen LogP contribution in [0.25, 0.3) is 0 Å². The summed E-state index contributed by atoms with van der Waals surface area (Å²) in [5.74, 6) is -0.825. The fraction of sp³-hybridized carbons (Fsp3) is 0.385. The molecule has 0 bridgehead atoms. The van der Waals surface area contributed by atoms with Crippen LogP contribution in [-0.4, -0.2) is 31.1 Å². The van der Waals surface area contributed by atoms with Gasteiger partial charge in [0.05, 0.1) is 17.2 Å². The molecule has 1 aromatic rings. The molecule has 0 heterocycles. The Morgan fingerprint density at radius 2 is 1.80 bits per heavy atom. The summed E-state index contributed by atoms with van der Waals surface area (Å²) in [5.41, 5.74) is 0.660. The molecule has 2 atom stereocenters. The maximum Gasteiger partial charge on any atom is 0.328 e. The SMILES string of the molecule is COC(=O)C(C)NC(=O)C(C)Nc1ccc(Cl)c(Cl)c1. The van der Waals surface area contributed by atoms with Gasteiger partial charge in [-0.2, -0.15) is 0 Å². The number of carbonyl (C=O) groups excluding carboxylic acids is 2. The average molecular weight is 319 g/mol. The van der Waals surface area contributed by atoms with Gasteiger partial charge in [0.1, 0.15) is 12.1 Å². The molecule has 1 amide bonds. The van der Waals surface area contributed by atoms with E-state index >= 15 is 0 Å². The van der Waals surface area contributed by atoms with Gasteiger partial charge in [0.2, 0.25) is 5.91 Å². The van der Waals surface area contributed by atoms with Crippen molar-refractivity contribution in [1.29, 1.82) is 0 Å². The molecule has 0 spiro atoms. The second kappa shape index (κ2) is 7.36. The minimum Gasteiger partial charge on any atom is -0.467 e. The standard InChI is InChI=1S/C13H16Cl2N2O3/c1-7(12(18)17-8(2)13(19)20-3)16-9-4-5-10(14)11(15)6-9/h4-8,16H,1-3H3,(H,17,18). The van der Waals surface area contributed by atoms with Crippen LogP contribution < -0.4 is 10.6 Å². The molecule has 1 aromatic carbocycles. The lowest BCUT2D eigenvalue weighted by atomic mass is 10.2. The van der Waals surface area contributed by atoms with Crippen LogP contribution in [0.3, 0.4) is 0 Å². The van der Waals surface area contributed by atoms with Gasteiger partial charge in [-0.25, -0.2) is 4.79 Å². The minimum atomic E-state index is -0.703. The van der Waals surface area contributed by atoms with E-state index in [4.69, 9.17) is 23.2 Å². The number of methoxy groups -OCH3 is 1. The third-order valence-corrected chi connectivity index (χ3v) is 3.35. The van der Waals surface area contributed by atoms with Crippen molar-refractivity contribution in [1.82, 2.24) is 5.32 Å². The van der Waals surface area contributed by atoms with Crippen LogP contribution in [-0.2, 0) is 14.3 Å². The van der Waals surface area contributed by atoms with Gasteiger partial charge < -0.3 is 15.4 Å². The summed E-state index contributed by atoms with van der Waals surface area (Å²) in [4.78, 5) is 23.1. The predicted octanol–water partition coefficient (Wildman–Crippen LogP) is 2.47. The summed E-state index contributed by atoms with van der Waals surface area (Å²) >= 11 is 11.7. The molecule has 0 fully saturated rings. The Kier molecular flexibility index (Phi) is 6.10. The molecule has 0 aliphatic rings. The number of halogens is 2. The van der Waals surface area contributed by atoms with Crippen molar-refractivity contribution >= 4 is 40.8 Å². The number of ether oxygens (including phenoxy) is 1. The van der Waals surface area contributed by atoms with Gasteiger partial charge in [0.25, 0.3) is 0 Å². The molecule has 7 heteroatoms.